The predicted molar refractivity (Wildman–Crippen MR) is 95.4 cm³/mol. The van der Waals surface area contributed by atoms with Crippen molar-refractivity contribution >= 4 is 17.2 Å². The van der Waals surface area contributed by atoms with Gasteiger partial charge in [0.1, 0.15) is 11.9 Å². The van der Waals surface area contributed by atoms with Crippen LogP contribution in [-0.2, 0) is 11.3 Å². The maximum absolute atomic E-state index is 13.9. The predicted octanol–water partition coefficient (Wildman–Crippen LogP) is 2.59. The zero-order valence-electron chi connectivity index (χ0n) is 14.2. The number of halogens is 1. The van der Waals surface area contributed by atoms with Crippen molar-refractivity contribution in [2.75, 3.05) is 26.7 Å². The summed E-state index contributed by atoms with van der Waals surface area (Å²) in [5.41, 5.74) is 0. The molecule has 0 unspecified atom stereocenters. The van der Waals surface area contributed by atoms with Crippen molar-refractivity contribution in [1.29, 1.82) is 0 Å². The first-order valence-corrected chi connectivity index (χ1v) is 9.17. The van der Waals surface area contributed by atoms with Crippen LogP contribution in [0.3, 0.4) is 0 Å². The zero-order valence-corrected chi connectivity index (χ0v) is 15.0. The number of pyridine rings is 1. The highest BCUT2D eigenvalue weighted by atomic mass is 32.1. The van der Waals surface area contributed by atoms with Crippen LogP contribution in [0.4, 0.5) is 4.39 Å². The number of carbonyl (C=O) groups is 1. The molecule has 25 heavy (non-hydrogen) atoms. The van der Waals surface area contributed by atoms with Crippen molar-refractivity contribution in [3.63, 3.8) is 0 Å². The third-order valence-corrected chi connectivity index (χ3v) is 5.18. The van der Waals surface area contributed by atoms with Crippen molar-refractivity contribution in [2.45, 2.75) is 25.2 Å². The second-order valence-electron chi connectivity index (χ2n) is 6.25. The highest BCUT2D eigenvalue weighted by molar-refractivity contribution is 7.09. The van der Waals surface area contributed by atoms with Crippen molar-refractivity contribution in [3.05, 3.63) is 46.9 Å². The number of thiophene rings is 1. The van der Waals surface area contributed by atoms with E-state index >= 15 is 0 Å². The fourth-order valence-electron chi connectivity index (χ4n) is 3.01. The van der Waals surface area contributed by atoms with Crippen molar-refractivity contribution in [3.8, 4) is 5.75 Å². The van der Waals surface area contributed by atoms with E-state index in [1.807, 2.05) is 11.4 Å². The molecule has 7 heteroatoms. The molecule has 2 atom stereocenters. The van der Waals surface area contributed by atoms with Gasteiger partial charge in [0, 0.05) is 43.8 Å². The molecule has 1 amide bonds. The van der Waals surface area contributed by atoms with Gasteiger partial charge in [-0.2, -0.15) is 0 Å². The van der Waals surface area contributed by atoms with E-state index in [0.717, 1.165) is 6.54 Å². The normalized spacial score (nSPS) is 20.6. The molecule has 1 fully saturated rings. The van der Waals surface area contributed by atoms with E-state index in [1.165, 1.54) is 4.88 Å². The van der Waals surface area contributed by atoms with Gasteiger partial charge in [-0.05, 0) is 30.0 Å². The number of hydrogen-bond donors (Lipinski definition) is 0. The molecule has 3 rings (SSSR count). The minimum atomic E-state index is -0.833. The van der Waals surface area contributed by atoms with E-state index in [0.29, 0.717) is 25.3 Å². The lowest BCUT2D eigenvalue weighted by Crippen LogP contribution is -2.42. The third kappa shape index (κ3) is 4.99. The summed E-state index contributed by atoms with van der Waals surface area (Å²) in [7, 11) is 1.74. The molecule has 3 heterocycles. The highest BCUT2D eigenvalue weighted by Gasteiger charge is 2.33. The van der Waals surface area contributed by atoms with Gasteiger partial charge < -0.3 is 9.64 Å². The van der Waals surface area contributed by atoms with Crippen molar-refractivity contribution in [2.24, 2.45) is 0 Å². The highest BCUT2D eigenvalue weighted by Crippen LogP contribution is 2.24. The Morgan fingerprint density at radius 1 is 1.48 bits per heavy atom. The first kappa shape index (κ1) is 17.8. The Morgan fingerprint density at radius 2 is 2.36 bits per heavy atom. The fourth-order valence-corrected chi connectivity index (χ4v) is 3.74. The van der Waals surface area contributed by atoms with E-state index in [-0.39, 0.29) is 18.6 Å². The maximum atomic E-state index is 13.9. The summed E-state index contributed by atoms with van der Waals surface area (Å²) in [4.78, 5) is 21.2. The third-order valence-electron chi connectivity index (χ3n) is 4.32. The number of nitrogens with zero attached hydrogens (tertiary/aromatic N) is 3. The zero-order chi connectivity index (χ0) is 17.6. The summed E-state index contributed by atoms with van der Waals surface area (Å²) >= 11 is 1.67. The minimum Gasteiger partial charge on any atom is -0.482 e. The fraction of sp³-hybridized carbons (Fsp3) is 0.444. The average Bonchev–Trinajstić information content (AvgIpc) is 3.24. The Kier molecular flexibility index (Phi) is 5.99. The van der Waals surface area contributed by atoms with Crippen LogP contribution >= 0.6 is 11.3 Å². The van der Waals surface area contributed by atoms with Crippen LogP contribution in [0.25, 0.3) is 0 Å². The summed E-state index contributed by atoms with van der Waals surface area (Å²) in [5.74, 6) is 0.440. The summed E-state index contributed by atoms with van der Waals surface area (Å²) in [6.45, 7) is 1.62. The molecular weight excluding hydrogens is 341 g/mol. The standard InChI is InChI=1S/C18H22FN3O2S/c1-21(18(23)13-24-16-4-2-6-20-9-16)11-15-8-14(19)10-22(15)12-17-5-3-7-25-17/h2-7,9,14-15H,8,10-13H2,1H3/t14-,15-/m0/s1. The SMILES string of the molecule is CN(C[C@@H]1C[C@H](F)CN1Cc1cccs1)C(=O)COc1cccnc1. The number of likely N-dealkylation sites (tertiary alicyclic amines) is 1. The summed E-state index contributed by atoms with van der Waals surface area (Å²) in [6.07, 6.45) is 2.85. The molecule has 0 saturated carbocycles. The van der Waals surface area contributed by atoms with Gasteiger partial charge in [-0.15, -0.1) is 11.3 Å². The lowest BCUT2D eigenvalue weighted by Gasteiger charge is -2.28. The van der Waals surface area contributed by atoms with Gasteiger partial charge in [0.15, 0.2) is 6.61 Å². The number of carbonyl (C=O) groups excluding carboxylic acids is 1. The molecule has 0 bridgehead atoms. The second-order valence-corrected chi connectivity index (χ2v) is 7.28. The van der Waals surface area contributed by atoms with Crippen LogP contribution in [0.2, 0.25) is 0 Å². The lowest BCUT2D eigenvalue weighted by molar-refractivity contribution is -0.132. The molecule has 0 aliphatic carbocycles. The number of hydrogen-bond acceptors (Lipinski definition) is 5. The molecule has 0 N–H and O–H groups in total. The van der Waals surface area contributed by atoms with Crippen LogP contribution in [0.5, 0.6) is 5.75 Å². The molecule has 0 radical (unpaired) electrons. The Balaban J connectivity index is 1.51. The summed E-state index contributed by atoms with van der Waals surface area (Å²) in [6, 6.07) is 7.61. The molecule has 1 aliphatic heterocycles. The molecule has 2 aromatic rings. The number of alkyl halides is 1. The van der Waals surface area contributed by atoms with Gasteiger partial charge in [-0.1, -0.05) is 6.07 Å². The minimum absolute atomic E-state index is 0.0319. The Labute approximate surface area is 151 Å². The first-order valence-electron chi connectivity index (χ1n) is 8.29. The molecular formula is C18H22FN3O2S. The second kappa shape index (κ2) is 8.40. The van der Waals surface area contributed by atoms with Crippen LogP contribution in [-0.4, -0.2) is 59.6 Å². The van der Waals surface area contributed by atoms with Crippen LogP contribution in [0, 0.1) is 0 Å². The Hall–Kier alpha value is -1.99. The van der Waals surface area contributed by atoms with E-state index in [2.05, 4.69) is 16.0 Å². The smallest absolute Gasteiger partial charge is 0.260 e. The van der Waals surface area contributed by atoms with Gasteiger partial charge in [0.05, 0.1) is 6.20 Å². The molecule has 5 nitrogen and oxygen atoms in total. The molecule has 0 aromatic carbocycles. The van der Waals surface area contributed by atoms with E-state index < -0.39 is 6.17 Å². The van der Waals surface area contributed by atoms with Crippen molar-refractivity contribution in [1.82, 2.24) is 14.8 Å². The van der Waals surface area contributed by atoms with Crippen LogP contribution < -0.4 is 4.74 Å². The van der Waals surface area contributed by atoms with Gasteiger partial charge in [-0.3, -0.25) is 14.7 Å². The first-order chi connectivity index (χ1) is 12.1. The van der Waals surface area contributed by atoms with E-state index in [9.17, 15) is 9.18 Å². The molecule has 1 saturated heterocycles. The topological polar surface area (TPSA) is 45.7 Å². The lowest BCUT2D eigenvalue weighted by atomic mass is 10.2. The summed E-state index contributed by atoms with van der Waals surface area (Å²) in [5, 5.41) is 2.03. The maximum Gasteiger partial charge on any atom is 0.260 e. The molecule has 134 valence electrons. The quantitative estimate of drug-likeness (QED) is 0.759. The number of ether oxygens (including phenoxy) is 1. The Morgan fingerprint density at radius 3 is 3.08 bits per heavy atom. The molecule has 2 aromatic heterocycles. The summed E-state index contributed by atoms with van der Waals surface area (Å²) < 4.78 is 19.3. The Bertz CT molecular complexity index is 668. The monoisotopic (exact) mass is 363 g/mol. The van der Waals surface area contributed by atoms with E-state index in [1.54, 1.807) is 47.8 Å². The van der Waals surface area contributed by atoms with Crippen LogP contribution in [0.15, 0.2) is 42.0 Å². The number of rotatable bonds is 7. The van der Waals surface area contributed by atoms with Gasteiger partial charge in [-0.25, -0.2) is 4.39 Å². The molecule has 1 aliphatic rings. The number of aromatic nitrogens is 1. The number of likely N-dealkylation sites (N-methyl/N-ethyl adjacent to an activating group) is 1. The average molecular weight is 363 g/mol. The molecule has 0 spiro atoms. The van der Waals surface area contributed by atoms with Crippen LogP contribution in [0.1, 0.15) is 11.3 Å². The largest absolute Gasteiger partial charge is 0.482 e. The number of amides is 1. The van der Waals surface area contributed by atoms with E-state index in [4.69, 9.17) is 4.74 Å². The van der Waals surface area contributed by atoms with Gasteiger partial charge >= 0.3 is 0 Å². The van der Waals surface area contributed by atoms with Gasteiger partial charge in [0.25, 0.3) is 5.91 Å². The van der Waals surface area contributed by atoms with Crippen molar-refractivity contribution < 1.29 is 13.9 Å². The van der Waals surface area contributed by atoms with Gasteiger partial charge in [0.2, 0.25) is 0 Å².